The summed E-state index contributed by atoms with van der Waals surface area (Å²) in [5.74, 6) is 0.721. The van der Waals surface area contributed by atoms with E-state index in [0.29, 0.717) is 55.7 Å². The molecule has 0 aromatic heterocycles. The molecular weight excluding hydrogens is 558 g/mol. The molecule has 5 rings (SSSR count). The highest BCUT2D eigenvalue weighted by molar-refractivity contribution is 7.89. The average molecular weight is 598 g/mol. The van der Waals surface area contributed by atoms with E-state index in [9.17, 15) is 13.2 Å². The van der Waals surface area contributed by atoms with Crippen LogP contribution < -0.4 is 10.1 Å². The second-order valence-electron chi connectivity index (χ2n) is 11.2. The van der Waals surface area contributed by atoms with Crippen molar-refractivity contribution in [1.82, 2.24) is 9.21 Å². The van der Waals surface area contributed by atoms with Gasteiger partial charge in [-0.25, -0.2) is 8.42 Å². The third kappa shape index (κ3) is 7.51. The molecule has 0 aliphatic carbocycles. The van der Waals surface area contributed by atoms with Crippen LogP contribution in [0.3, 0.4) is 0 Å². The number of para-hydroxylation sites is 1. The van der Waals surface area contributed by atoms with Crippen LogP contribution in [0.2, 0.25) is 0 Å². The summed E-state index contributed by atoms with van der Waals surface area (Å²) in [6.45, 7) is 6.79. The zero-order chi connectivity index (χ0) is 30.2. The Kier molecular flexibility index (Phi) is 9.92. The van der Waals surface area contributed by atoms with Crippen LogP contribution >= 0.6 is 0 Å². The first-order chi connectivity index (χ1) is 20.8. The van der Waals surface area contributed by atoms with Gasteiger partial charge in [0, 0.05) is 31.9 Å². The number of benzene rings is 4. The van der Waals surface area contributed by atoms with Gasteiger partial charge < -0.3 is 10.1 Å². The minimum absolute atomic E-state index is 0.0564. The SMILES string of the molecule is CC(C)CCOc1ccccc1C(=O)Nc1ccc(S(=O)(=O)N2CCN(C(c3ccccc3)c3ccccc3)CC2)cc1. The number of carbonyl (C=O) groups excluding carboxylic acids is 1. The number of hydrogen-bond donors (Lipinski definition) is 1. The number of sulfonamides is 1. The van der Waals surface area contributed by atoms with Crippen molar-refractivity contribution in [3.8, 4) is 5.75 Å². The van der Waals surface area contributed by atoms with E-state index in [1.807, 2.05) is 42.5 Å². The maximum atomic E-state index is 13.6. The summed E-state index contributed by atoms with van der Waals surface area (Å²) in [7, 11) is -3.69. The Balaban J connectivity index is 1.23. The average Bonchev–Trinajstić information content (AvgIpc) is 3.03. The van der Waals surface area contributed by atoms with Gasteiger partial charge in [-0.1, -0.05) is 86.6 Å². The molecule has 1 fully saturated rings. The molecule has 0 radical (unpaired) electrons. The molecule has 1 aliphatic rings. The summed E-state index contributed by atoms with van der Waals surface area (Å²) in [5, 5.41) is 2.87. The smallest absolute Gasteiger partial charge is 0.259 e. The monoisotopic (exact) mass is 597 g/mol. The lowest BCUT2D eigenvalue weighted by Crippen LogP contribution is -2.49. The first-order valence-electron chi connectivity index (χ1n) is 14.8. The van der Waals surface area contributed by atoms with Crippen LogP contribution in [-0.2, 0) is 10.0 Å². The van der Waals surface area contributed by atoms with Gasteiger partial charge in [0.25, 0.3) is 5.91 Å². The maximum Gasteiger partial charge on any atom is 0.259 e. The number of nitrogens with one attached hydrogen (secondary N) is 1. The summed E-state index contributed by atoms with van der Waals surface area (Å²) in [6, 6.07) is 34.2. The van der Waals surface area contributed by atoms with Gasteiger partial charge in [-0.05, 0) is 59.9 Å². The normalized spacial score (nSPS) is 14.6. The number of carbonyl (C=O) groups is 1. The number of anilines is 1. The highest BCUT2D eigenvalue weighted by atomic mass is 32.2. The number of ether oxygens (including phenoxy) is 1. The van der Waals surface area contributed by atoms with Crippen molar-refractivity contribution in [2.45, 2.75) is 31.2 Å². The third-order valence-electron chi connectivity index (χ3n) is 7.70. The van der Waals surface area contributed by atoms with Crippen LogP contribution in [0.5, 0.6) is 5.75 Å². The molecule has 0 saturated carbocycles. The van der Waals surface area contributed by atoms with E-state index in [-0.39, 0.29) is 16.8 Å². The van der Waals surface area contributed by atoms with Crippen molar-refractivity contribution in [3.63, 3.8) is 0 Å². The molecule has 1 heterocycles. The van der Waals surface area contributed by atoms with Crippen LogP contribution in [0, 0.1) is 5.92 Å². The Labute approximate surface area is 255 Å². The zero-order valence-electron chi connectivity index (χ0n) is 24.7. The van der Waals surface area contributed by atoms with Gasteiger partial charge in [-0.2, -0.15) is 4.31 Å². The molecular formula is C35H39N3O4S. The first kappa shape index (κ1) is 30.5. The van der Waals surface area contributed by atoms with E-state index in [1.165, 1.54) is 11.1 Å². The highest BCUT2D eigenvalue weighted by Gasteiger charge is 2.32. The van der Waals surface area contributed by atoms with E-state index in [2.05, 4.69) is 48.3 Å². The maximum absolute atomic E-state index is 13.6. The van der Waals surface area contributed by atoms with Crippen molar-refractivity contribution in [2.75, 3.05) is 38.1 Å². The fraction of sp³-hybridized carbons (Fsp3) is 0.286. The molecule has 43 heavy (non-hydrogen) atoms. The number of hydrogen-bond acceptors (Lipinski definition) is 5. The Bertz CT molecular complexity index is 1550. The number of amides is 1. The van der Waals surface area contributed by atoms with E-state index in [0.717, 1.165) is 6.42 Å². The number of rotatable bonds is 11. The van der Waals surface area contributed by atoms with Crippen LogP contribution in [0.25, 0.3) is 0 Å². The van der Waals surface area contributed by atoms with Gasteiger partial charge in [-0.15, -0.1) is 0 Å². The predicted octanol–water partition coefficient (Wildman–Crippen LogP) is 6.46. The highest BCUT2D eigenvalue weighted by Crippen LogP contribution is 2.31. The summed E-state index contributed by atoms with van der Waals surface area (Å²) in [5.41, 5.74) is 3.32. The van der Waals surface area contributed by atoms with Gasteiger partial charge in [0.15, 0.2) is 0 Å². The van der Waals surface area contributed by atoms with E-state index >= 15 is 0 Å². The molecule has 8 heteroatoms. The molecule has 0 unspecified atom stereocenters. The van der Waals surface area contributed by atoms with Gasteiger partial charge in [0.1, 0.15) is 5.75 Å². The van der Waals surface area contributed by atoms with Gasteiger partial charge in [0.2, 0.25) is 10.0 Å². The Morgan fingerprint density at radius 3 is 1.91 bits per heavy atom. The standard InChI is InChI=1S/C35H39N3O4S/c1-27(2)21-26-42-33-16-10-9-15-32(33)35(39)36-30-17-19-31(20-18-30)43(40,41)38-24-22-37(23-25-38)34(28-11-5-3-6-12-28)29-13-7-4-8-14-29/h3-20,27,34H,21-26H2,1-2H3,(H,36,39). The van der Waals surface area contributed by atoms with Crippen molar-refractivity contribution in [3.05, 3.63) is 126 Å². The van der Waals surface area contributed by atoms with E-state index in [4.69, 9.17) is 4.74 Å². The lowest BCUT2D eigenvalue weighted by atomic mass is 9.96. The van der Waals surface area contributed by atoms with Crippen LogP contribution in [0.1, 0.15) is 47.8 Å². The van der Waals surface area contributed by atoms with Crippen LogP contribution in [0.15, 0.2) is 114 Å². The quantitative estimate of drug-likeness (QED) is 0.215. The number of piperazine rings is 1. The lowest BCUT2D eigenvalue weighted by Gasteiger charge is -2.39. The van der Waals surface area contributed by atoms with Crippen LogP contribution in [0.4, 0.5) is 5.69 Å². The molecule has 0 atom stereocenters. The number of nitrogens with zero attached hydrogens (tertiary/aromatic N) is 2. The molecule has 4 aromatic carbocycles. The Hall–Kier alpha value is -3.98. The van der Waals surface area contributed by atoms with Crippen molar-refractivity contribution in [2.24, 2.45) is 5.92 Å². The van der Waals surface area contributed by atoms with Gasteiger partial charge in [-0.3, -0.25) is 9.69 Å². The van der Waals surface area contributed by atoms with Crippen LogP contribution in [-0.4, -0.2) is 56.3 Å². The fourth-order valence-electron chi connectivity index (χ4n) is 5.33. The molecule has 1 aliphatic heterocycles. The summed E-state index contributed by atoms with van der Waals surface area (Å²) >= 11 is 0. The van der Waals surface area contributed by atoms with Crippen molar-refractivity contribution in [1.29, 1.82) is 0 Å². The lowest BCUT2D eigenvalue weighted by molar-refractivity contribution is 0.102. The fourth-order valence-corrected chi connectivity index (χ4v) is 6.75. The van der Waals surface area contributed by atoms with Crippen molar-refractivity contribution < 1.29 is 17.9 Å². The van der Waals surface area contributed by atoms with Gasteiger partial charge >= 0.3 is 0 Å². The minimum atomic E-state index is -3.69. The Morgan fingerprint density at radius 2 is 1.33 bits per heavy atom. The molecule has 4 aromatic rings. The second-order valence-corrected chi connectivity index (χ2v) is 13.1. The first-order valence-corrected chi connectivity index (χ1v) is 16.2. The zero-order valence-corrected chi connectivity index (χ0v) is 25.5. The predicted molar refractivity (Wildman–Crippen MR) is 171 cm³/mol. The summed E-state index contributed by atoms with van der Waals surface area (Å²) < 4.78 is 34.5. The summed E-state index contributed by atoms with van der Waals surface area (Å²) in [4.78, 5) is 15.6. The third-order valence-corrected chi connectivity index (χ3v) is 9.62. The van der Waals surface area contributed by atoms with Crippen molar-refractivity contribution >= 4 is 21.6 Å². The molecule has 1 amide bonds. The molecule has 0 bridgehead atoms. The van der Waals surface area contributed by atoms with E-state index < -0.39 is 10.0 Å². The molecule has 1 N–H and O–H groups in total. The Morgan fingerprint density at radius 1 is 0.767 bits per heavy atom. The summed E-state index contributed by atoms with van der Waals surface area (Å²) in [6.07, 6.45) is 0.890. The van der Waals surface area contributed by atoms with Gasteiger partial charge in [0.05, 0.1) is 23.1 Å². The molecule has 7 nitrogen and oxygen atoms in total. The molecule has 0 spiro atoms. The second kappa shape index (κ2) is 14.0. The molecule has 1 saturated heterocycles. The minimum Gasteiger partial charge on any atom is -0.493 e. The van der Waals surface area contributed by atoms with E-state index in [1.54, 1.807) is 46.8 Å². The molecule has 224 valence electrons. The largest absolute Gasteiger partial charge is 0.493 e. The topological polar surface area (TPSA) is 78.9 Å².